The number of rotatable bonds is 31. The number of likely N-dealkylation sites (tertiary alicyclic amines) is 1. The Kier molecular flexibility index (Phi) is 25.4. The predicted octanol–water partition coefficient (Wildman–Crippen LogP) is -0.152. The van der Waals surface area contributed by atoms with Crippen LogP contribution in [0.25, 0.3) is 0 Å². The van der Waals surface area contributed by atoms with E-state index in [4.69, 9.17) is 22.4 Å². The normalized spacial score (nSPS) is 16.2. The Hall–Kier alpha value is -7.67. The summed E-state index contributed by atoms with van der Waals surface area (Å²) in [7, 11) is 0. The van der Waals surface area contributed by atoms with E-state index in [0.717, 1.165) is 11.8 Å². The lowest BCUT2D eigenvalue weighted by molar-refractivity contribution is -0.144. The molecule has 1 saturated heterocycles. The van der Waals surface area contributed by atoms with E-state index in [0.29, 0.717) is 11.1 Å². The van der Waals surface area contributed by atoms with Gasteiger partial charge in [0.2, 0.25) is 47.3 Å². The molecule has 3 rings (SSSR count). The van der Waals surface area contributed by atoms with Crippen LogP contribution in [0.2, 0.25) is 5.02 Å². The minimum Gasteiger partial charge on any atom is -0.481 e. The second-order valence-electron chi connectivity index (χ2n) is 19.5. The van der Waals surface area contributed by atoms with Gasteiger partial charge in [-0.05, 0) is 68.1 Å². The van der Waals surface area contributed by atoms with Crippen molar-refractivity contribution in [1.82, 2.24) is 42.1 Å². The first-order valence-corrected chi connectivity index (χ1v) is 25.4. The lowest BCUT2D eigenvalue weighted by atomic mass is 9.98. The number of hydrogen-bond acceptors (Lipinski definition) is 13. The number of aliphatic carboxylic acids is 4. The Bertz CT molecular complexity index is 2460. The van der Waals surface area contributed by atoms with Gasteiger partial charge in [-0.3, -0.25) is 52.7 Å². The van der Waals surface area contributed by atoms with Crippen LogP contribution in [0.1, 0.15) is 97.1 Å². The molecule has 0 spiro atoms. The van der Waals surface area contributed by atoms with Gasteiger partial charge >= 0.3 is 23.9 Å². The molecule has 2 aromatic carbocycles. The number of benzene rings is 2. The molecule has 13 N–H and O–H groups in total. The third-order valence-electron chi connectivity index (χ3n) is 12.4. The third kappa shape index (κ3) is 21.1. The summed E-state index contributed by atoms with van der Waals surface area (Å²) in [4.78, 5) is 158. The maximum absolute atomic E-state index is 14.7. The molecule has 77 heavy (non-hydrogen) atoms. The number of carboxylic acids is 4. The number of nitrogens with one attached hydrogen (secondary N) is 7. The van der Waals surface area contributed by atoms with Crippen molar-refractivity contribution in [2.75, 3.05) is 6.54 Å². The van der Waals surface area contributed by atoms with Crippen LogP contribution in [-0.4, -0.2) is 157 Å². The molecule has 9 atom stereocenters. The van der Waals surface area contributed by atoms with Gasteiger partial charge in [0.15, 0.2) is 0 Å². The van der Waals surface area contributed by atoms with Crippen LogP contribution in [0.15, 0.2) is 54.6 Å². The first-order valence-electron chi connectivity index (χ1n) is 25.0. The van der Waals surface area contributed by atoms with Crippen LogP contribution < -0.4 is 43.0 Å². The fraction of sp³-hybridized carbons (Fsp3) is 0.529. The molecule has 8 amide bonds. The van der Waals surface area contributed by atoms with Gasteiger partial charge in [-0.1, -0.05) is 87.8 Å². The molecular weight excluding hydrogens is 1030 g/mol. The number of hydrogen-bond donors (Lipinski definition) is 12. The predicted molar refractivity (Wildman–Crippen MR) is 275 cm³/mol. The van der Waals surface area contributed by atoms with Gasteiger partial charge in [-0.25, -0.2) is 4.79 Å². The number of amides is 8. The Labute approximate surface area is 449 Å². The molecule has 0 aromatic heterocycles. The Morgan fingerprint density at radius 2 is 1.16 bits per heavy atom. The lowest BCUT2D eigenvalue weighted by Crippen LogP contribution is -2.61. The highest BCUT2D eigenvalue weighted by molar-refractivity contribution is 6.31. The van der Waals surface area contributed by atoms with Gasteiger partial charge in [0, 0.05) is 37.3 Å². The van der Waals surface area contributed by atoms with Crippen LogP contribution in [0.4, 0.5) is 0 Å². The molecule has 0 aliphatic carbocycles. The summed E-state index contributed by atoms with van der Waals surface area (Å²) in [6.07, 6.45) is -2.79. The van der Waals surface area contributed by atoms with Crippen LogP contribution in [0.3, 0.4) is 0 Å². The first kappa shape index (κ1) is 63.6. The quantitative estimate of drug-likeness (QED) is 0.0467. The average molecular weight is 1100 g/mol. The second-order valence-corrected chi connectivity index (χ2v) is 19.9. The Morgan fingerprint density at radius 3 is 1.74 bits per heavy atom. The van der Waals surface area contributed by atoms with E-state index in [9.17, 15) is 72.9 Å². The zero-order chi connectivity index (χ0) is 57.7. The van der Waals surface area contributed by atoms with Gasteiger partial charge in [0.05, 0.1) is 12.5 Å². The van der Waals surface area contributed by atoms with Crippen LogP contribution >= 0.6 is 11.6 Å². The largest absolute Gasteiger partial charge is 0.481 e. The van der Waals surface area contributed by atoms with Gasteiger partial charge in [-0.15, -0.1) is 0 Å². The van der Waals surface area contributed by atoms with Crippen molar-refractivity contribution in [2.45, 2.75) is 153 Å². The van der Waals surface area contributed by atoms with Crippen molar-refractivity contribution < 1.29 is 78.0 Å². The highest BCUT2D eigenvalue weighted by Crippen LogP contribution is 2.23. The molecule has 1 heterocycles. The molecule has 422 valence electrons. The third-order valence-corrected chi connectivity index (χ3v) is 12.7. The molecule has 2 aromatic rings. The monoisotopic (exact) mass is 1100 g/mol. The van der Waals surface area contributed by atoms with E-state index < -0.39 is 157 Å². The summed E-state index contributed by atoms with van der Waals surface area (Å²) in [5.41, 5.74) is 6.85. The van der Waals surface area contributed by atoms with Crippen LogP contribution in [0.5, 0.6) is 0 Å². The van der Waals surface area contributed by atoms with Crippen molar-refractivity contribution in [3.63, 3.8) is 0 Å². The highest BCUT2D eigenvalue weighted by atomic mass is 35.5. The number of carbonyl (C=O) groups is 12. The number of nitrogens with zero attached hydrogens (tertiary/aromatic N) is 1. The van der Waals surface area contributed by atoms with Crippen LogP contribution in [-0.2, 0) is 70.4 Å². The van der Waals surface area contributed by atoms with Gasteiger partial charge in [0.25, 0.3) is 0 Å². The molecule has 0 radical (unpaired) electrons. The highest BCUT2D eigenvalue weighted by Gasteiger charge is 2.41. The van der Waals surface area contributed by atoms with Gasteiger partial charge in [0.1, 0.15) is 48.3 Å². The molecule has 0 saturated carbocycles. The summed E-state index contributed by atoms with van der Waals surface area (Å²) in [6, 6.07) is 1.70. The fourth-order valence-corrected chi connectivity index (χ4v) is 8.43. The standard InChI is InChI=1S/C51H70ClN9O16/c1-26(2)22-34(57-49(74)42(27(3)4)60-44(69)32(53)17-19-39(62)63)47(72)58-36(24-30-14-9-10-15-31(30)52)50(75)61-21-11-16-38(61)48(73)56-35(25-41(66)67)46(71)54-28(5)43(68)55-33(18-20-40(64)65)45(70)59-37(51(76)77)23-29-12-7-6-8-13-29/h6-10,12-15,26-28,32-38,42H,11,16-25,53H2,1-5H3,(H,54,71)(H,55,68)(H,56,73)(H,57,74)(H,58,72)(H,59,70)(H,60,69)(H,62,63)(H,64,65)(H,66,67)(H,76,77)/t28-,32-,33-,34-,35-,36-,37-,38+,42-/m0/s1. The summed E-state index contributed by atoms with van der Waals surface area (Å²) in [5, 5.41) is 55.3. The van der Waals surface area contributed by atoms with Crippen molar-refractivity contribution >= 4 is 82.7 Å². The molecule has 25 nitrogen and oxygen atoms in total. The number of nitrogens with two attached hydrogens (primary N) is 1. The molecule has 0 unspecified atom stereocenters. The fourth-order valence-electron chi connectivity index (χ4n) is 8.22. The van der Waals surface area contributed by atoms with E-state index >= 15 is 0 Å². The zero-order valence-electron chi connectivity index (χ0n) is 43.4. The summed E-state index contributed by atoms with van der Waals surface area (Å²) < 4.78 is 0. The molecule has 1 aliphatic rings. The van der Waals surface area contributed by atoms with Crippen LogP contribution in [0, 0.1) is 11.8 Å². The maximum atomic E-state index is 14.7. The minimum atomic E-state index is -1.85. The molecule has 1 aliphatic heterocycles. The van der Waals surface area contributed by atoms with E-state index in [1.165, 1.54) is 0 Å². The Morgan fingerprint density at radius 1 is 0.597 bits per heavy atom. The summed E-state index contributed by atoms with van der Waals surface area (Å²) >= 11 is 6.51. The van der Waals surface area contributed by atoms with E-state index in [1.54, 1.807) is 82.3 Å². The van der Waals surface area contributed by atoms with E-state index in [-0.39, 0.29) is 56.0 Å². The topological polar surface area (TPSA) is 399 Å². The van der Waals surface area contributed by atoms with Crippen molar-refractivity contribution in [3.8, 4) is 0 Å². The van der Waals surface area contributed by atoms with Gasteiger partial charge in [-0.2, -0.15) is 0 Å². The number of carboxylic acid groups (broad SMARTS) is 4. The molecule has 1 fully saturated rings. The van der Waals surface area contributed by atoms with Gasteiger partial charge < -0.3 is 68.3 Å². The zero-order valence-corrected chi connectivity index (χ0v) is 44.2. The Balaban J connectivity index is 1.83. The number of carbonyl (C=O) groups excluding carboxylic acids is 8. The molecular formula is C51H70ClN9O16. The second kappa shape index (κ2) is 30.8. The SMILES string of the molecule is CC(C)C[C@H](NC(=O)[C@@H](NC(=O)[C@@H](N)CCC(=O)O)C(C)C)C(=O)N[C@@H](Cc1ccccc1Cl)C(=O)N1CCC[C@@H]1C(=O)N[C@@H](CC(=O)O)C(=O)N[C@@H](C)C(=O)N[C@@H](CCC(=O)O)C(=O)N[C@@H](Cc1ccccc1)C(=O)O. The van der Waals surface area contributed by atoms with Crippen molar-refractivity contribution in [2.24, 2.45) is 17.6 Å². The summed E-state index contributed by atoms with van der Waals surface area (Å²) in [6.45, 7) is 7.93. The van der Waals surface area contributed by atoms with Crippen molar-refractivity contribution in [1.29, 1.82) is 0 Å². The first-order chi connectivity index (χ1) is 36.2. The molecule has 26 heteroatoms. The smallest absolute Gasteiger partial charge is 0.326 e. The van der Waals surface area contributed by atoms with Crippen molar-refractivity contribution in [3.05, 3.63) is 70.7 Å². The van der Waals surface area contributed by atoms with E-state index in [1.807, 2.05) is 0 Å². The minimum absolute atomic E-state index is 0.0206. The lowest BCUT2D eigenvalue weighted by Gasteiger charge is -2.31. The number of halogens is 1. The molecule has 0 bridgehead atoms. The summed E-state index contributed by atoms with van der Waals surface area (Å²) in [5.74, 6) is -13.6. The average Bonchev–Trinajstić information content (AvgIpc) is 3.85. The van der Waals surface area contributed by atoms with E-state index in [2.05, 4.69) is 37.2 Å². The maximum Gasteiger partial charge on any atom is 0.326 e.